The van der Waals surface area contributed by atoms with Crippen LogP contribution in [0.4, 0.5) is 0 Å². The fourth-order valence-electron chi connectivity index (χ4n) is 3.52. The van der Waals surface area contributed by atoms with Crippen LogP contribution >= 0.6 is 0 Å². The van der Waals surface area contributed by atoms with E-state index in [9.17, 15) is 4.79 Å². The van der Waals surface area contributed by atoms with E-state index in [0.29, 0.717) is 13.1 Å². The molecule has 3 rings (SSSR count). The smallest absolute Gasteiger partial charge is 0.327 e. The molecule has 1 fully saturated rings. The molecule has 0 radical (unpaired) electrons. The number of likely N-dealkylation sites (tertiary alicyclic amines) is 1. The van der Waals surface area contributed by atoms with Gasteiger partial charge in [-0.2, -0.15) is 5.10 Å². The number of rotatable bonds is 6. The Morgan fingerprint density at radius 1 is 1.32 bits per heavy atom. The van der Waals surface area contributed by atoms with E-state index in [-0.39, 0.29) is 5.97 Å². The second-order valence-corrected chi connectivity index (χ2v) is 6.71. The summed E-state index contributed by atoms with van der Waals surface area (Å²) in [5, 5.41) is 7.83. The van der Waals surface area contributed by atoms with Crippen molar-refractivity contribution in [3.8, 4) is 0 Å². The van der Waals surface area contributed by atoms with Crippen LogP contribution in [0.1, 0.15) is 24.1 Å². The lowest BCUT2D eigenvalue weighted by Crippen LogP contribution is -2.61. The summed E-state index contributed by atoms with van der Waals surface area (Å²) in [6, 6.07) is 12.3. The van der Waals surface area contributed by atoms with Crippen LogP contribution in [0.25, 0.3) is 0 Å². The molecule has 0 saturated carbocycles. The van der Waals surface area contributed by atoms with E-state index in [1.807, 2.05) is 37.5 Å². The van der Waals surface area contributed by atoms with Gasteiger partial charge in [0.15, 0.2) is 0 Å². The largest absolute Gasteiger partial charge is 0.468 e. The molecule has 1 N–H and O–H groups in total. The monoisotopic (exact) mass is 342 g/mol. The average molecular weight is 342 g/mol. The molecule has 1 aromatic heterocycles. The van der Waals surface area contributed by atoms with Crippen LogP contribution in [0.5, 0.6) is 0 Å². The van der Waals surface area contributed by atoms with Crippen LogP contribution in [-0.2, 0) is 29.7 Å². The summed E-state index contributed by atoms with van der Waals surface area (Å²) in [7, 11) is 3.35. The molecule has 0 unspecified atom stereocenters. The minimum atomic E-state index is -0.681. The van der Waals surface area contributed by atoms with Gasteiger partial charge in [-0.1, -0.05) is 30.3 Å². The second-order valence-electron chi connectivity index (χ2n) is 6.71. The first-order valence-electron chi connectivity index (χ1n) is 8.69. The predicted octanol–water partition coefficient (Wildman–Crippen LogP) is 1.72. The highest BCUT2D eigenvalue weighted by Crippen LogP contribution is 2.24. The van der Waals surface area contributed by atoms with Crippen LogP contribution < -0.4 is 5.32 Å². The maximum absolute atomic E-state index is 12.6. The van der Waals surface area contributed by atoms with Crippen molar-refractivity contribution in [1.29, 1.82) is 0 Å². The number of hydrogen-bond donors (Lipinski definition) is 1. The first-order valence-corrected chi connectivity index (χ1v) is 8.69. The Bertz CT molecular complexity index is 700. The Kier molecular flexibility index (Phi) is 5.50. The third kappa shape index (κ3) is 4.27. The SMILES string of the molecule is COC(=O)[C@]1(NCc2ccn(C)n2)CCCN(Cc2ccccc2)C1. The molecule has 6 heteroatoms. The summed E-state index contributed by atoms with van der Waals surface area (Å²) in [6.07, 6.45) is 3.64. The van der Waals surface area contributed by atoms with E-state index in [1.165, 1.54) is 12.7 Å². The number of methoxy groups -OCH3 is 1. The Balaban J connectivity index is 1.71. The zero-order valence-corrected chi connectivity index (χ0v) is 14.9. The number of benzene rings is 1. The molecule has 0 amide bonds. The Morgan fingerprint density at radius 2 is 2.12 bits per heavy atom. The molecule has 2 heterocycles. The number of nitrogens with zero attached hydrogens (tertiary/aromatic N) is 3. The molecule has 0 spiro atoms. The molecule has 1 aliphatic rings. The maximum atomic E-state index is 12.6. The van der Waals surface area contributed by atoms with E-state index in [0.717, 1.165) is 31.6 Å². The summed E-state index contributed by atoms with van der Waals surface area (Å²) >= 11 is 0. The van der Waals surface area contributed by atoms with E-state index >= 15 is 0 Å². The lowest BCUT2D eigenvalue weighted by molar-refractivity contribution is -0.151. The molecule has 1 aromatic carbocycles. The number of esters is 1. The molecule has 0 bridgehead atoms. The Labute approximate surface area is 148 Å². The summed E-state index contributed by atoms with van der Waals surface area (Å²) in [4.78, 5) is 14.9. The topological polar surface area (TPSA) is 59.4 Å². The summed E-state index contributed by atoms with van der Waals surface area (Å²) in [5.41, 5.74) is 1.50. The van der Waals surface area contributed by atoms with Crippen molar-refractivity contribution in [1.82, 2.24) is 20.0 Å². The van der Waals surface area contributed by atoms with E-state index in [2.05, 4.69) is 27.4 Å². The number of ether oxygens (including phenoxy) is 1. The van der Waals surface area contributed by atoms with Gasteiger partial charge in [0, 0.05) is 32.9 Å². The molecule has 1 atom stereocenters. The van der Waals surface area contributed by atoms with Gasteiger partial charge in [0.05, 0.1) is 12.8 Å². The minimum Gasteiger partial charge on any atom is -0.468 e. The van der Waals surface area contributed by atoms with Crippen LogP contribution in [-0.4, -0.2) is 46.4 Å². The molecular weight excluding hydrogens is 316 g/mol. The first-order chi connectivity index (χ1) is 12.1. The number of aryl methyl sites for hydroxylation is 1. The fraction of sp³-hybridized carbons (Fsp3) is 0.474. The van der Waals surface area contributed by atoms with Crippen molar-refractivity contribution in [3.63, 3.8) is 0 Å². The third-order valence-corrected chi connectivity index (χ3v) is 4.77. The molecule has 1 aliphatic heterocycles. The summed E-state index contributed by atoms with van der Waals surface area (Å²) < 4.78 is 6.90. The quantitative estimate of drug-likeness (QED) is 0.810. The predicted molar refractivity (Wildman–Crippen MR) is 95.7 cm³/mol. The number of hydrogen-bond acceptors (Lipinski definition) is 5. The van der Waals surface area contributed by atoms with Crippen molar-refractivity contribution < 1.29 is 9.53 Å². The van der Waals surface area contributed by atoms with Gasteiger partial charge in [-0.3, -0.25) is 19.7 Å². The molecule has 25 heavy (non-hydrogen) atoms. The van der Waals surface area contributed by atoms with Crippen molar-refractivity contribution in [3.05, 3.63) is 53.9 Å². The molecule has 1 saturated heterocycles. The van der Waals surface area contributed by atoms with Crippen LogP contribution in [0.2, 0.25) is 0 Å². The Hall–Kier alpha value is -2.18. The number of aromatic nitrogens is 2. The van der Waals surface area contributed by atoms with Gasteiger partial charge in [-0.15, -0.1) is 0 Å². The van der Waals surface area contributed by atoms with Gasteiger partial charge in [0.25, 0.3) is 0 Å². The van der Waals surface area contributed by atoms with Crippen LogP contribution in [0.3, 0.4) is 0 Å². The van der Waals surface area contributed by atoms with E-state index < -0.39 is 5.54 Å². The van der Waals surface area contributed by atoms with E-state index in [4.69, 9.17) is 4.74 Å². The van der Waals surface area contributed by atoms with Crippen molar-refractivity contribution in [2.75, 3.05) is 20.2 Å². The standard InChI is InChI=1S/C19H26N4O2/c1-22-12-9-17(21-22)13-20-19(18(24)25-2)10-6-11-23(15-19)14-16-7-4-3-5-8-16/h3-5,7-9,12,20H,6,10-11,13-15H2,1-2H3/t19-/m0/s1. The van der Waals surface area contributed by atoms with Gasteiger partial charge < -0.3 is 4.74 Å². The van der Waals surface area contributed by atoms with Gasteiger partial charge >= 0.3 is 5.97 Å². The first kappa shape index (κ1) is 17.6. The Morgan fingerprint density at radius 3 is 2.80 bits per heavy atom. The molecular formula is C19H26N4O2. The molecule has 2 aromatic rings. The lowest BCUT2D eigenvalue weighted by atomic mass is 9.88. The zero-order valence-electron chi connectivity index (χ0n) is 14.9. The normalized spacial score (nSPS) is 21.2. The summed E-state index contributed by atoms with van der Waals surface area (Å²) in [5.74, 6) is -0.193. The highest BCUT2D eigenvalue weighted by atomic mass is 16.5. The highest BCUT2D eigenvalue weighted by Gasteiger charge is 2.43. The van der Waals surface area contributed by atoms with Crippen LogP contribution in [0, 0.1) is 0 Å². The van der Waals surface area contributed by atoms with Gasteiger partial charge in [-0.25, -0.2) is 0 Å². The zero-order chi connectivity index (χ0) is 17.7. The highest BCUT2D eigenvalue weighted by molar-refractivity contribution is 5.81. The average Bonchev–Trinajstić information content (AvgIpc) is 3.06. The third-order valence-electron chi connectivity index (χ3n) is 4.77. The van der Waals surface area contributed by atoms with Gasteiger partial charge in [-0.05, 0) is 31.0 Å². The number of nitrogens with one attached hydrogen (secondary N) is 1. The molecule has 134 valence electrons. The number of carbonyl (C=O) groups is 1. The second kappa shape index (κ2) is 7.80. The fourth-order valence-corrected chi connectivity index (χ4v) is 3.52. The van der Waals surface area contributed by atoms with E-state index in [1.54, 1.807) is 4.68 Å². The van der Waals surface area contributed by atoms with Crippen molar-refractivity contribution in [2.24, 2.45) is 7.05 Å². The molecule has 0 aliphatic carbocycles. The van der Waals surface area contributed by atoms with Gasteiger partial charge in [0.2, 0.25) is 0 Å². The number of carbonyl (C=O) groups excluding carboxylic acids is 1. The summed E-state index contributed by atoms with van der Waals surface area (Å²) in [6.45, 7) is 3.01. The van der Waals surface area contributed by atoms with Crippen molar-refractivity contribution >= 4 is 5.97 Å². The lowest BCUT2D eigenvalue weighted by Gasteiger charge is -2.41. The van der Waals surface area contributed by atoms with Gasteiger partial charge in [0.1, 0.15) is 5.54 Å². The van der Waals surface area contributed by atoms with Crippen molar-refractivity contribution in [2.45, 2.75) is 31.5 Å². The molecule has 6 nitrogen and oxygen atoms in total. The minimum absolute atomic E-state index is 0.193. The van der Waals surface area contributed by atoms with Crippen LogP contribution in [0.15, 0.2) is 42.6 Å². The maximum Gasteiger partial charge on any atom is 0.327 e. The number of piperidine rings is 1.